The third kappa shape index (κ3) is 8.21. The molecule has 9 heteroatoms. The number of hydrogen-bond acceptors (Lipinski definition) is 6. The van der Waals surface area contributed by atoms with Crippen LogP contribution in [0.1, 0.15) is 43.1 Å². The molecular formula is C22H25FO7S. The molecule has 2 rings (SSSR count). The molecule has 0 saturated carbocycles. The lowest BCUT2D eigenvalue weighted by atomic mass is 10.0. The van der Waals surface area contributed by atoms with Crippen molar-refractivity contribution in [2.24, 2.45) is 0 Å². The first-order valence-corrected chi connectivity index (χ1v) is 10.9. The third-order valence-electron chi connectivity index (χ3n) is 3.85. The summed E-state index contributed by atoms with van der Waals surface area (Å²) >= 11 is 0. The molecule has 0 aliphatic carbocycles. The second-order valence-electron chi connectivity index (χ2n) is 6.45. The van der Waals surface area contributed by atoms with Gasteiger partial charge in [-0.2, -0.15) is 0 Å². The van der Waals surface area contributed by atoms with Gasteiger partial charge in [0, 0.05) is 17.9 Å². The molecule has 7 nitrogen and oxygen atoms in total. The molecule has 2 aromatic carbocycles. The number of ether oxygens (including phenoxy) is 1. The van der Waals surface area contributed by atoms with E-state index in [2.05, 4.69) is 0 Å². The number of aliphatic carboxylic acids is 1. The predicted molar refractivity (Wildman–Crippen MR) is 114 cm³/mol. The van der Waals surface area contributed by atoms with Gasteiger partial charge in [-0.15, -0.1) is 0 Å². The van der Waals surface area contributed by atoms with Crippen molar-refractivity contribution >= 4 is 21.6 Å². The van der Waals surface area contributed by atoms with Gasteiger partial charge in [-0.25, -0.2) is 12.8 Å². The number of sulfone groups is 1. The maximum atomic E-state index is 13.2. The van der Waals surface area contributed by atoms with E-state index in [-0.39, 0.29) is 28.6 Å². The van der Waals surface area contributed by atoms with E-state index in [1.165, 1.54) is 31.2 Å². The minimum Gasteiger partial charge on any atom is -0.507 e. The van der Waals surface area contributed by atoms with Crippen molar-refractivity contribution in [1.29, 1.82) is 0 Å². The monoisotopic (exact) mass is 452 g/mol. The fourth-order valence-corrected chi connectivity index (χ4v) is 3.59. The van der Waals surface area contributed by atoms with E-state index >= 15 is 0 Å². The van der Waals surface area contributed by atoms with Crippen molar-refractivity contribution in [2.45, 2.75) is 38.5 Å². The van der Waals surface area contributed by atoms with Crippen molar-refractivity contribution in [2.75, 3.05) is 6.61 Å². The summed E-state index contributed by atoms with van der Waals surface area (Å²) in [6.07, 6.45) is 2.54. The van der Waals surface area contributed by atoms with Crippen LogP contribution < -0.4 is 4.74 Å². The fourth-order valence-electron chi connectivity index (χ4n) is 2.56. The molecule has 0 atom stereocenters. The Morgan fingerprint density at radius 1 is 1.16 bits per heavy atom. The zero-order chi connectivity index (χ0) is 23.6. The van der Waals surface area contributed by atoms with Gasteiger partial charge in [-0.05, 0) is 49.8 Å². The summed E-state index contributed by atoms with van der Waals surface area (Å²) in [5.74, 6) is -1.45. The van der Waals surface area contributed by atoms with Gasteiger partial charge in [0.2, 0.25) is 0 Å². The normalized spacial score (nSPS) is 11.0. The van der Waals surface area contributed by atoms with E-state index in [4.69, 9.17) is 14.6 Å². The SMILES string of the molecule is CC(=O)O.CCCc1c(OCC=CS(=O)(=O)c2cccc(F)c2)ccc(C(C)=O)c1O. The number of phenolic OH excluding ortho intramolecular Hbond substituents is 1. The molecule has 0 radical (unpaired) electrons. The van der Waals surface area contributed by atoms with E-state index in [1.54, 1.807) is 6.07 Å². The molecule has 0 saturated heterocycles. The van der Waals surface area contributed by atoms with Gasteiger partial charge in [0.1, 0.15) is 23.9 Å². The van der Waals surface area contributed by atoms with Crippen molar-refractivity contribution < 1.29 is 37.3 Å². The van der Waals surface area contributed by atoms with E-state index in [1.807, 2.05) is 6.92 Å². The zero-order valence-electron chi connectivity index (χ0n) is 17.5. The Kier molecular flexibility index (Phi) is 9.88. The molecule has 0 heterocycles. The standard InChI is InChI=1S/C20H21FO5S.C2H4O2/c1-3-6-18-19(10-9-17(14(2)22)20(18)23)26-11-5-12-27(24,25)16-8-4-7-15(21)13-16;1-2(3)4/h4-5,7-10,12-13,23H,3,6,11H2,1-2H3;1H3,(H,3,4). The first-order valence-electron chi connectivity index (χ1n) is 9.34. The number of hydrogen-bond donors (Lipinski definition) is 2. The van der Waals surface area contributed by atoms with Gasteiger partial charge < -0.3 is 14.9 Å². The molecule has 0 fully saturated rings. The van der Waals surface area contributed by atoms with Gasteiger partial charge in [0.05, 0.1) is 10.5 Å². The number of aromatic hydroxyl groups is 1. The largest absolute Gasteiger partial charge is 0.507 e. The minimum atomic E-state index is -3.78. The smallest absolute Gasteiger partial charge is 0.300 e. The number of rotatable bonds is 8. The van der Waals surface area contributed by atoms with Crippen LogP contribution in [0.25, 0.3) is 0 Å². The van der Waals surface area contributed by atoms with E-state index in [0.717, 1.165) is 30.9 Å². The van der Waals surface area contributed by atoms with Crippen LogP contribution in [0, 0.1) is 5.82 Å². The number of benzene rings is 2. The summed E-state index contributed by atoms with van der Waals surface area (Å²) in [4.78, 5) is 20.4. The summed E-state index contributed by atoms with van der Waals surface area (Å²) in [5.41, 5.74) is 0.724. The lowest BCUT2D eigenvalue weighted by molar-refractivity contribution is -0.134. The molecule has 168 valence electrons. The summed E-state index contributed by atoms with van der Waals surface area (Å²) in [7, 11) is -3.78. The minimum absolute atomic E-state index is 0.0654. The molecule has 31 heavy (non-hydrogen) atoms. The highest BCUT2D eigenvalue weighted by atomic mass is 32.2. The first-order chi connectivity index (χ1) is 14.5. The Morgan fingerprint density at radius 2 is 1.81 bits per heavy atom. The molecule has 0 aromatic heterocycles. The average molecular weight is 453 g/mol. The molecular weight excluding hydrogens is 427 g/mol. The van der Waals surface area contributed by atoms with Gasteiger partial charge >= 0.3 is 0 Å². The Morgan fingerprint density at radius 3 is 2.35 bits per heavy atom. The quantitative estimate of drug-likeness (QED) is 0.578. The first kappa shape index (κ1) is 25.8. The second-order valence-corrected chi connectivity index (χ2v) is 8.28. The third-order valence-corrected chi connectivity index (χ3v) is 5.32. The molecule has 0 aliphatic rings. The van der Waals surface area contributed by atoms with Crippen LogP contribution >= 0.6 is 0 Å². The number of phenols is 1. The van der Waals surface area contributed by atoms with Gasteiger partial charge in [0.15, 0.2) is 15.6 Å². The van der Waals surface area contributed by atoms with Gasteiger partial charge in [-0.1, -0.05) is 19.4 Å². The lowest BCUT2D eigenvalue weighted by Gasteiger charge is -2.13. The molecule has 0 aliphatic heterocycles. The van der Waals surface area contributed by atoms with Crippen LogP contribution in [-0.4, -0.2) is 37.0 Å². The molecule has 0 unspecified atom stereocenters. The van der Waals surface area contributed by atoms with Crippen LogP contribution in [-0.2, 0) is 21.1 Å². The van der Waals surface area contributed by atoms with E-state index in [0.29, 0.717) is 17.7 Å². The van der Waals surface area contributed by atoms with Crippen LogP contribution in [0.2, 0.25) is 0 Å². The zero-order valence-corrected chi connectivity index (χ0v) is 18.3. The van der Waals surface area contributed by atoms with E-state index < -0.39 is 21.6 Å². The maximum absolute atomic E-state index is 13.2. The second kappa shape index (κ2) is 11.8. The average Bonchev–Trinajstić information content (AvgIpc) is 2.67. The van der Waals surface area contributed by atoms with Crippen LogP contribution in [0.15, 0.2) is 52.8 Å². The van der Waals surface area contributed by atoms with E-state index in [9.17, 15) is 22.7 Å². The number of ketones is 1. The number of carboxylic acid groups (broad SMARTS) is 1. The van der Waals surface area contributed by atoms with Crippen molar-refractivity contribution in [3.05, 3.63) is 64.8 Å². The van der Waals surface area contributed by atoms with Gasteiger partial charge in [-0.3, -0.25) is 9.59 Å². The highest BCUT2D eigenvalue weighted by molar-refractivity contribution is 7.94. The molecule has 0 spiro atoms. The van der Waals surface area contributed by atoms with Crippen LogP contribution in [0.3, 0.4) is 0 Å². The summed E-state index contributed by atoms with van der Waals surface area (Å²) in [6, 6.07) is 7.79. The number of Topliss-reactive ketones (excluding diaryl/α,β-unsaturated/α-hetero) is 1. The van der Waals surface area contributed by atoms with Crippen molar-refractivity contribution in [3.63, 3.8) is 0 Å². The molecule has 2 N–H and O–H groups in total. The van der Waals surface area contributed by atoms with Gasteiger partial charge in [0.25, 0.3) is 5.97 Å². The lowest BCUT2D eigenvalue weighted by Crippen LogP contribution is -2.03. The molecule has 2 aromatic rings. The summed E-state index contributed by atoms with van der Waals surface area (Å²) in [6.45, 7) is 4.31. The number of carbonyl (C=O) groups excluding carboxylic acids is 1. The predicted octanol–water partition coefficient (Wildman–Crippen LogP) is 4.14. The summed E-state index contributed by atoms with van der Waals surface area (Å²) in [5, 5.41) is 18.6. The Labute approximate surface area is 180 Å². The summed E-state index contributed by atoms with van der Waals surface area (Å²) < 4.78 is 43.1. The number of carboxylic acids is 1. The molecule has 0 amide bonds. The topological polar surface area (TPSA) is 118 Å². The van der Waals surface area contributed by atoms with Crippen LogP contribution in [0.4, 0.5) is 4.39 Å². The fraction of sp³-hybridized carbons (Fsp3) is 0.273. The van der Waals surface area contributed by atoms with Crippen LogP contribution in [0.5, 0.6) is 11.5 Å². The van der Waals surface area contributed by atoms with Crippen molar-refractivity contribution in [3.8, 4) is 11.5 Å². The Hall–Kier alpha value is -3.20. The number of halogens is 1. The highest BCUT2D eigenvalue weighted by Gasteiger charge is 2.16. The number of carbonyl (C=O) groups is 2. The van der Waals surface area contributed by atoms with Crippen molar-refractivity contribution in [1.82, 2.24) is 0 Å². The Bertz CT molecular complexity index is 1060. The Balaban J connectivity index is 0.00000110. The highest BCUT2D eigenvalue weighted by Crippen LogP contribution is 2.33. The maximum Gasteiger partial charge on any atom is 0.300 e. The molecule has 0 bridgehead atoms.